The van der Waals surface area contributed by atoms with Gasteiger partial charge in [0, 0.05) is 11.3 Å². The average Bonchev–Trinajstić information content (AvgIpc) is 3.56. The number of rotatable bonds is 5. The Labute approximate surface area is 193 Å². The third kappa shape index (κ3) is 3.74. The second-order valence-corrected chi connectivity index (χ2v) is 9.09. The van der Waals surface area contributed by atoms with Crippen LogP contribution in [-0.2, 0) is 11.3 Å². The highest BCUT2D eigenvalue weighted by Crippen LogP contribution is 2.33. The number of ether oxygens (including phenoxy) is 1. The Hall–Kier alpha value is -3.72. The number of aryl methyl sites for hydroxylation is 2. The van der Waals surface area contributed by atoms with Gasteiger partial charge in [-0.25, -0.2) is 9.99 Å². The Kier molecular flexibility index (Phi) is 5.33. The van der Waals surface area contributed by atoms with E-state index < -0.39 is 0 Å². The molecular weight excluding hydrogens is 440 g/mol. The zero-order valence-electron chi connectivity index (χ0n) is 18.4. The van der Waals surface area contributed by atoms with Crippen molar-refractivity contribution in [3.63, 3.8) is 0 Å². The van der Waals surface area contributed by atoms with Gasteiger partial charge in [-0.05, 0) is 61.4 Å². The van der Waals surface area contributed by atoms with Crippen molar-refractivity contribution in [1.29, 1.82) is 0 Å². The van der Waals surface area contributed by atoms with E-state index in [0.29, 0.717) is 22.4 Å². The largest absolute Gasteiger partial charge is 0.497 e. The third-order valence-corrected chi connectivity index (χ3v) is 7.04. The van der Waals surface area contributed by atoms with E-state index in [2.05, 4.69) is 10.1 Å². The van der Waals surface area contributed by atoms with Crippen molar-refractivity contribution >= 4 is 33.2 Å². The molecule has 4 aromatic rings. The van der Waals surface area contributed by atoms with Crippen molar-refractivity contribution in [2.45, 2.75) is 32.9 Å². The summed E-state index contributed by atoms with van der Waals surface area (Å²) in [5.41, 5.74) is 2.34. The molecule has 0 saturated heterocycles. The normalized spacial score (nSPS) is 15.8. The highest BCUT2D eigenvalue weighted by Gasteiger charge is 2.35. The molecule has 9 heteroatoms. The molecule has 1 aliphatic rings. The van der Waals surface area contributed by atoms with Gasteiger partial charge in [-0.15, -0.1) is 11.3 Å². The molecule has 5 rings (SSSR count). The van der Waals surface area contributed by atoms with E-state index in [9.17, 15) is 9.59 Å². The SMILES string of the molecule is COc1ccc(C2=NN(C(=O)Cn3cnc4sc(C)c(C)c4c3=O)[C@@H](c3ccco3)C2)cc1. The minimum absolute atomic E-state index is 0.160. The minimum Gasteiger partial charge on any atom is -0.497 e. The molecule has 0 unspecified atom stereocenters. The first-order chi connectivity index (χ1) is 16.0. The number of hydrogen-bond donors (Lipinski definition) is 0. The van der Waals surface area contributed by atoms with E-state index in [0.717, 1.165) is 27.5 Å². The van der Waals surface area contributed by atoms with Gasteiger partial charge in [-0.2, -0.15) is 5.10 Å². The quantitative estimate of drug-likeness (QED) is 0.446. The van der Waals surface area contributed by atoms with Gasteiger partial charge in [-0.3, -0.25) is 14.2 Å². The van der Waals surface area contributed by atoms with Crippen LogP contribution in [0.1, 0.15) is 34.2 Å². The average molecular weight is 463 g/mol. The molecule has 0 aliphatic carbocycles. The van der Waals surface area contributed by atoms with Crippen LogP contribution in [0.2, 0.25) is 0 Å². The second-order valence-electron chi connectivity index (χ2n) is 7.89. The van der Waals surface area contributed by atoms with Crippen LogP contribution in [0.5, 0.6) is 5.75 Å². The summed E-state index contributed by atoms with van der Waals surface area (Å²) in [5, 5.41) is 6.61. The maximum Gasteiger partial charge on any atom is 0.263 e. The second kappa shape index (κ2) is 8.32. The number of carbonyl (C=O) groups excluding carboxylic acids is 1. The van der Waals surface area contributed by atoms with Gasteiger partial charge in [-0.1, -0.05) is 0 Å². The lowest BCUT2D eigenvalue weighted by Crippen LogP contribution is -2.34. The zero-order valence-corrected chi connectivity index (χ0v) is 19.3. The number of hydrogen-bond acceptors (Lipinski definition) is 7. The molecule has 1 aliphatic heterocycles. The molecule has 8 nitrogen and oxygen atoms in total. The maximum atomic E-state index is 13.3. The van der Waals surface area contributed by atoms with Gasteiger partial charge < -0.3 is 9.15 Å². The number of benzene rings is 1. The van der Waals surface area contributed by atoms with Crippen LogP contribution >= 0.6 is 11.3 Å². The van der Waals surface area contributed by atoms with Crippen molar-refractivity contribution in [3.8, 4) is 5.75 Å². The molecule has 3 aromatic heterocycles. The van der Waals surface area contributed by atoms with Crippen LogP contribution < -0.4 is 10.3 Å². The van der Waals surface area contributed by atoms with Crippen LogP contribution in [0.25, 0.3) is 10.2 Å². The Bertz CT molecular complexity index is 1420. The lowest BCUT2D eigenvalue weighted by molar-refractivity contribution is -0.134. The van der Waals surface area contributed by atoms with Crippen molar-refractivity contribution in [3.05, 3.63) is 81.1 Å². The fourth-order valence-corrected chi connectivity index (χ4v) is 4.99. The van der Waals surface area contributed by atoms with Crippen molar-refractivity contribution < 1.29 is 13.9 Å². The number of amides is 1. The van der Waals surface area contributed by atoms with Crippen LogP contribution in [0.15, 0.2) is 63.3 Å². The third-order valence-electron chi connectivity index (χ3n) is 5.92. The van der Waals surface area contributed by atoms with Crippen LogP contribution in [0.3, 0.4) is 0 Å². The maximum absolute atomic E-state index is 13.3. The molecule has 168 valence electrons. The highest BCUT2D eigenvalue weighted by atomic mass is 32.1. The molecule has 1 atom stereocenters. The molecule has 0 spiro atoms. The van der Waals surface area contributed by atoms with Crippen LogP contribution in [0, 0.1) is 13.8 Å². The number of aromatic nitrogens is 2. The Balaban J connectivity index is 1.48. The summed E-state index contributed by atoms with van der Waals surface area (Å²) in [6.07, 6.45) is 3.51. The number of nitrogens with zero attached hydrogens (tertiary/aromatic N) is 4. The fourth-order valence-electron chi connectivity index (χ4n) is 4.00. The summed E-state index contributed by atoms with van der Waals surface area (Å²) in [6.45, 7) is 3.71. The van der Waals surface area contributed by atoms with Crippen molar-refractivity contribution in [2.75, 3.05) is 7.11 Å². The van der Waals surface area contributed by atoms with E-state index in [1.807, 2.05) is 44.2 Å². The molecule has 4 heterocycles. The summed E-state index contributed by atoms with van der Waals surface area (Å²) in [7, 11) is 1.61. The molecule has 1 aromatic carbocycles. The van der Waals surface area contributed by atoms with Crippen molar-refractivity contribution in [1.82, 2.24) is 14.6 Å². The lowest BCUT2D eigenvalue weighted by Gasteiger charge is -2.20. The van der Waals surface area contributed by atoms with Gasteiger partial charge in [0.2, 0.25) is 0 Å². The monoisotopic (exact) mass is 462 g/mol. The molecule has 0 radical (unpaired) electrons. The predicted octanol–water partition coefficient (Wildman–Crippen LogP) is 4.05. The summed E-state index contributed by atoms with van der Waals surface area (Å²) < 4.78 is 12.2. The molecule has 0 fully saturated rings. The number of furan rings is 1. The number of methoxy groups -OCH3 is 1. The molecular formula is C24H22N4O4S. The van der Waals surface area contributed by atoms with E-state index in [1.165, 1.54) is 27.2 Å². The molecule has 33 heavy (non-hydrogen) atoms. The van der Waals surface area contributed by atoms with Gasteiger partial charge in [0.25, 0.3) is 11.5 Å². The van der Waals surface area contributed by atoms with Gasteiger partial charge in [0.1, 0.15) is 28.9 Å². The van der Waals surface area contributed by atoms with Gasteiger partial charge >= 0.3 is 0 Å². The first kappa shape index (κ1) is 21.1. The van der Waals surface area contributed by atoms with E-state index in [-0.39, 0.29) is 24.1 Å². The first-order valence-corrected chi connectivity index (χ1v) is 11.3. The summed E-state index contributed by atoms with van der Waals surface area (Å²) in [4.78, 5) is 32.5. The van der Waals surface area contributed by atoms with Gasteiger partial charge in [0.15, 0.2) is 0 Å². The number of carbonyl (C=O) groups is 1. The lowest BCUT2D eigenvalue weighted by atomic mass is 10.0. The number of thiophene rings is 1. The minimum atomic E-state index is -0.387. The zero-order chi connectivity index (χ0) is 23.1. The van der Waals surface area contributed by atoms with E-state index in [4.69, 9.17) is 9.15 Å². The topological polar surface area (TPSA) is 89.9 Å². The van der Waals surface area contributed by atoms with E-state index >= 15 is 0 Å². The summed E-state index contributed by atoms with van der Waals surface area (Å²) >= 11 is 1.48. The number of hydrazone groups is 1. The standard InChI is InChI=1S/C24H22N4O4S/c1-14-15(2)33-23-22(14)24(30)27(13-25-23)12-21(29)28-19(20-5-4-10-32-20)11-18(26-28)16-6-8-17(31-3)9-7-16/h4-10,13,19H,11-12H2,1-3H3/t19-/m1/s1. The van der Waals surface area contributed by atoms with Gasteiger partial charge in [0.05, 0.1) is 30.8 Å². The fraction of sp³-hybridized carbons (Fsp3) is 0.250. The Morgan fingerprint density at radius 2 is 2.03 bits per heavy atom. The summed E-state index contributed by atoms with van der Waals surface area (Å²) in [5.74, 6) is 1.07. The van der Waals surface area contributed by atoms with Crippen LogP contribution in [0.4, 0.5) is 0 Å². The molecule has 1 amide bonds. The Morgan fingerprint density at radius 1 is 1.24 bits per heavy atom. The van der Waals surface area contributed by atoms with Crippen molar-refractivity contribution in [2.24, 2.45) is 5.10 Å². The molecule has 0 saturated carbocycles. The smallest absolute Gasteiger partial charge is 0.263 e. The van der Waals surface area contributed by atoms with E-state index in [1.54, 1.807) is 19.4 Å². The highest BCUT2D eigenvalue weighted by molar-refractivity contribution is 7.18. The molecule has 0 N–H and O–H groups in total. The Morgan fingerprint density at radius 3 is 2.73 bits per heavy atom. The molecule has 0 bridgehead atoms. The van der Waals surface area contributed by atoms with Crippen LogP contribution in [-0.4, -0.2) is 33.3 Å². The first-order valence-electron chi connectivity index (χ1n) is 10.5. The number of fused-ring (bicyclic) bond motifs is 1. The predicted molar refractivity (Wildman–Crippen MR) is 126 cm³/mol. The summed E-state index contributed by atoms with van der Waals surface area (Å²) in [6, 6.07) is 10.8.